The number of halogens is 1. The van der Waals surface area contributed by atoms with Crippen LogP contribution in [0.2, 0.25) is 5.02 Å². The smallest absolute Gasteiger partial charge is 0.130 e. The lowest BCUT2D eigenvalue weighted by molar-refractivity contribution is 0.827. The van der Waals surface area contributed by atoms with Crippen LogP contribution >= 0.6 is 11.6 Å². The fraction of sp³-hybridized carbons (Fsp3) is 0.176. The van der Waals surface area contributed by atoms with Crippen LogP contribution in [0.15, 0.2) is 48.8 Å². The molecule has 3 aromatic heterocycles. The van der Waals surface area contributed by atoms with Gasteiger partial charge >= 0.3 is 0 Å². The molecular weight excluding hydrogens is 310 g/mol. The summed E-state index contributed by atoms with van der Waals surface area (Å²) in [5.74, 6) is 1.43. The third-order valence-electron chi connectivity index (χ3n) is 3.32. The Labute approximate surface area is 139 Å². The highest BCUT2D eigenvalue weighted by atomic mass is 35.5. The van der Waals surface area contributed by atoms with Gasteiger partial charge in [0.1, 0.15) is 11.6 Å². The maximum atomic E-state index is 5.88. The van der Waals surface area contributed by atoms with Crippen molar-refractivity contribution in [3.63, 3.8) is 0 Å². The molecule has 0 bridgehead atoms. The van der Waals surface area contributed by atoms with Gasteiger partial charge in [0, 0.05) is 18.5 Å². The van der Waals surface area contributed by atoms with E-state index in [1.54, 1.807) is 12.4 Å². The van der Waals surface area contributed by atoms with Gasteiger partial charge in [-0.05, 0) is 38.1 Å². The average molecular weight is 326 g/mol. The van der Waals surface area contributed by atoms with Gasteiger partial charge in [-0.3, -0.25) is 9.97 Å². The van der Waals surface area contributed by atoms with Crippen LogP contribution in [-0.2, 0) is 0 Å². The van der Waals surface area contributed by atoms with E-state index < -0.39 is 0 Å². The molecule has 0 radical (unpaired) electrons. The predicted octanol–water partition coefficient (Wildman–Crippen LogP) is 4.07. The van der Waals surface area contributed by atoms with E-state index in [0.29, 0.717) is 10.8 Å². The first kappa shape index (κ1) is 15.4. The summed E-state index contributed by atoms with van der Waals surface area (Å²) < 4.78 is 0. The number of aromatic nitrogens is 4. The summed E-state index contributed by atoms with van der Waals surface area (Å²) in [6.45, 7) is 3.89. The highest BCUT2D eigenvalue weighted by molar-refractivity contribution is 6.30. The molecule has 116 valence electrons. The van der Waals surface area contributed by atoms with Crippen LogP contribution < -0.4 is 5.32 Å². The Morgan fingerprint density at radius 3 is 2.61 bits per heavy atom. The molecular formula is C17H16ClN5. The third-order valence-corrected chi connectivity index (χ3v) is 3.55. The van der Waals surface area contributed by atoms with Crippen molar-refractivity contribution in [2.75, 3.05) is 5.32 Å². The van der Waals surface area contributed by atoms with Crippen molar-refractivity contribution >= 4 is 17.4 Å². The number of rotatable bonds is 4. The molecule has 23 heavy (non-hydrogen) atoms. The van der Waals surface area contributed by atoms with Gasteiger partial charge in [-0.15, -0.1) is 0 Å². The largest absolute Gasteiger partial charge is 0.362 e. The Morgan fingerprint density at radius 1 is 1.04 bits per heavy atom. The molecule has 0 unspecified atom stereocenters. The van der Waals surface area contributed by atoms with E-state index in [-0.39, 0.29) is 6.04 Å². The zero-order valence-corrected chi connectivity index (χ0v) is 13.6. The molecule has 1 atom stereocenters. The van der Waals surface area contributed by atoms with Crippen LogP contribution in [0.25, 0.3) is 11.4 Å². The molecule has 3 heterocycles. The van der Waals surface area contributed by atoms with Crippen molar-refractivity contribution in [1.82, 2.24) is 19.9 Å². The molecule has 0 fully saturated rings. The number of nitrogens with zero attached hydrogens (tertiary/aromatic N) is 4. The molecule has 0 aliphatic rings. The van der Waals surface area contributed by atoms with Crippen LogP contribution in [0.4, 0.5) is 5.82 Å². The Morgan fingerprint density at radius 2 is 1.91 bits per heavy atom. The lowest BCUT2D eigenvalue weighted by atomic mass is 10.2. The summed E-state index contributed by atoms with van der Waals surface area (Å²) in [5.41, 5.74) is 2.50. The number of hydrogen-bond donors (Lipinski definition) is 1. The predicted molar refractivity (Wildman–Crippen MR) is 91.3 cm³/mol. The molecule has 5 nitrogen and oxygen atoms in total. The zero-order chi connectivity index (χ0) is 16.2. The van der Waals surface area contributed by atoms with Gasteiger partial charge in [-0.25, -0.2) is 9.97 Å². The summed E-state index contributed by atoms with van der Waals surface area (Å²) in [7, 11) is 0. The first-order valence-corrected chi connectivity index (χ1v) is 7.65. The maximum absolute atomic E-state index is 5.88. The second-order valence-corrected chi connectivity index (χ2v) is 5.60. The first-order chi connectivity index (χ1) is 11.1. The van der Waals surface area contributed by atoms with Gasteiger partial charge in [-0.1, -0.05) is 17.7 Å². The number of aryl methyl sites for hydroxylation is 1. The molecule has 0 aliphatic carbocycles. The minimum atomic E-state index is -0.00171. The Bertz CT molecular complexity index is 790. The summed E-state index contributed by atoms with van der Waals surface area (Å²) in [6.07, 6.45) is 3.39. The Balaban J connectivity index is 1.85. The van der Waals surface area contributed by atoms with E-state index in [1.165, 1.54) is 0 Å². The van der Waals surface area contributed by atoms with Gasteiger partial charge in [0.25, 0.3) is 0 Å². The van der Waals surface area contributed by atoms with Crippen molar-refractivity contribution in [2.24, 2.45) is 0 Å². The van der Waals surface area contributed by atoms with E-state index >= 15 is 0 Å². The monoisotopic (exact) mass is 325 g/mol. The van der Waals surface area contributed by atoms with Gasteiger partial charge in [0.05, 0.1) is 28.1 Å². The molecule has 0 spiro atoms. The van der Waals surface area contributed by atoms with Crippen LogP contribution in [0.1, 0.15) is 24.5 Å². The standard InChI is InChI=1S/C17H16ClN5/c1-11(14-7-6-13(18)10-20-14)21-17-9-16(22-12(2)23-17)15-5-3-4-8-19-15/h3-11H,1-2H3,(H,21,22,23)/t11-/m1/s1. The molecule has 0 amide bonds. The molecule has 1 N–H and O–H groups in total. The Hall–Kier alpha value is -2.53. The fourth-order valence-corrected chi connectivity index (χ4v) is 2.34. The van der Waals surface area contributed by atoms with Crippen molar-refractivity contribution in [1.29, 1.82) is 0 Å². The van der Waals surface area contributed by atoms with E-state index in [9.17, 15) is 0 Å². The summed E-state index contributed by atoms with van der Waals surface area (Å²) in [4.78, 5) is 17.5. The first-order valence-electron chi connectivity index (χ1n) is 7.27. The fourth-order valence-electron chi connectivity index (χ4n) is 2.23. The third kappa shape index (κ3) is 3.81. The van der Waals surface area contributed by atoms with E-state index in [0.717, 1.165) is 22.9 Å². The van der Waals surface area contributed by atoms with E-state index in [1.807, 2.05) is 50.2 Å². The topological polar surface area (TPSA) is 63.6 Å². The minimum Gasteiger partial charge on any atom is -0.362 e. The van der Waals surface area contributed by atoms with Crippen molar-refractivity contribution in [2.45, 2.75) is 19.9 Å². The van der Waals surface area contributed by atoms with Crippen molar-refractivity contribution in [3.05, 3.63) is 65.3 Å². The number of nitrogens with one attached hydrogen (secondary N) is 1. The average Bonchev–Trinajstić information content (AvgIpc) is 2.55. The number of pyridine rings is 2. The molecule has 0 saturated heterocycles. The second kappa shape index (κ2) is 6.71. The van der Waals surface area contributed by atoms with E-state index in [4.69, 9.17) is 11.6 Å². The molecule has 0 saturated carbocycles. The minimum absolute atomic E-state index is 0.00171. The summed E-state index contributed by atoms with van der Waals surface area (Å²) in [5, 5.41) is 3.97. The molecule has 0 aliphatic heterocycles. The van der Waals surface area contributed by atoms with Gasteiger partial charge in [-0.2, -0.15) is 0 Å². The number of anilines is 1. The van der Waals surface area contributed by atoms with Crippen LogP contribution in [0.5, 0.6) is 0 Å². The molecule has 0 aromatic carbocycles. The van der Waals surface area contributed by atoms with Crippen LogP contribution in [0, 0.1) is 6.92 Å². The van der Waals surface area contributed by atoms with Crippen molar-refractivity contribution < 1.29 is 0 Å². The number of hydrogen-bond acceptors (Lipinski definition) is 5. The van der Waals surface area contributed by atoms with Crippen LogP contribution in [-0.4, -0.2) is 19.9 Å². The van der Waals surface area contributed by atoms with Gasteiger partial charge in [0.15, 0.2) is 0 Å². The van der Waals surface area contributed by atoms with Crippen molar-refractivity contribution in [3.8, 4) is 11.4 Å². The quantitative estimate of drug-likeness (QED) is 0.783. The lowest BCUT2D eigenvalue weighted by Crippen LogP contribution is -2.10. The normalized spacial score (nSPS) is 12.0. The zero-order valence-electron chi connectivity index (χ0n) is 12.9. The highest BCUT2D eigenvalue weighted by Crippen LogP contribution is 2.21. The lowest BCUT2D eigenvalue weighted by Gasteiger charge is -2.15. The maximum Gasteiger partial charge on any atom is 0.130 e. The summed E-state index contributed by atoms with van der Waals surface area (Å²) in [6, 6.07) is 11.4. The molecule has 6 heteroatoms. The Kier molecular flexibility index (Phi) is 4.48. The SMILES string of the molecule is Cc1nc(N[C@H](C)c2ccc(Cl)cn2)cc(-c2ccccn2)n1. The van der Waals surface area contributed by atoms with Gasteiger partial charge in [0.2, 0.25) is 0 Å². The summed E-state index contributed by atoms with van der Waals surface area (Å²) >= 11 is 5.88. The molecule has 3 aromatic rings. The van der Waals surface area contributed by atoms with Crippen LogP contribution in [0.3, 0.4) is 0 Å². The van der Waals surface area contributed by atoms with Gasteiger partial charge < -0.3 is 5.32 Å². The van der Waals surface area contributed by atoms with E-state index in [2.05, 4.69) is 25.3 Å². The molecule has 3 rings (SSSR count). The second-order valence-electron chi connectivity index (χ2n) is 5.17. The highest BCUT2D eigenvalue weighted by Gasteiger charge is 2.10.